The van der Waals surface area contributed by atoms with Crippen molar-refractivity contribution in [2.24, 2.45) is 0 Å². The first-order chi connectivity index (χ1) is 15.5. The molecule has 4 heterocycles. The minimum atomic E-state index is -0.945. The Morgan fingerprint density at radius 3 is 2.66 bits per heavy atom. The molecule has 4 rings (SSSR count). The van der Waals surface area contributed by atoms with Crippen molar-refractivity contribution in [3.05, 3.63) is 25.0 Å². The lowest BCUT2D eigenvalue weighted by Gasteiger charge is -2.43. The van der Waals surface area contributed by atoms with E-state index in [1.807, 2.05) is 17.6 Å². The van der Waals surface area contributed by atoms with Gasteiger partial charge in [0.1, 0.15) is 29.8 Å². The van der Waals surface area contributed by atoms with Gasteiger partial charge >= 0.3 is 0 Å². The summed E-state index contributed by atoms with van der Waals surface area (Å²) in [6.45, 7) is 6.01. The molecule has 0 bridgehead atoms. The van der Waals surface area contributed by atoms with Gasteiger partial charge in [0, 0.05) is 45.9 Å². The van der Waals surface area contributed by atoms with Crippen LogP contribution in [0.5, 0.6) is 0 Å². The predicted octanol–water partition coefficient (Wildman–Crippen LogP) is 0.367. The third kappa shape index (κ3) is 4.87. The van der Waals surface area contributed by atoms with Crippen LogP contribution in [0.15, 0.2) is 25.0 Å². The Labute approximate surface area is 186 Å². The molecule has 0 saturated carbocycles. The summed E-state index contributed by atoms with van der Waals surface area (Å²) in [5.74, 6) is 1.85. The maximum atomic E-state index is 11.2. The summed E-state index contributed by atoms with van der Waals surface area (Å²) in [6.07, 6.45) is 5.42. The van der Waals surface area contributed by atoms with E-state index in [4.69, 9.17) is 10.5 Å². The van der Waals surface area contributed by atoms with Crippen molar-refractivity contribution in [3.63, 3.8) is 0 Å². The molecule has 32 heavy (non-hydrogen) atoms. The number of imidazole rings is 1. The van der Waals surface area contributed by atoms with Crippen molar-refractivity contribution in [3.8, 4) is 0 Å². The molecule has 12 nitrogen and oxygen atoms in total. The summed E-state index contributed by atoms with van der Waals surface area (Å²) in [6, 6.07) is 1.73. The van der Waals surface area contributed by atoms with Gasteiger partial charge in [0.2, 0.25) is 0 Å². The monoisotopic (exact) mass is 442 g/mol. The summed E-state index contributed by atoms with van der Waals surface area (Å²) in [7, 11) is 1.66. The number of nitrogens with zero attached hydrogens (tertiary/aromatic N) is 7. The van der Waals surface area contributed by atoms with Gasteiger partial charge in [-0.25, -0.2) is 24.9 Å². The van der Waals surface area contributed by atoms with Gasteiger partial charge in [-0.15, -0.1) is 0 Å². The van der Waals surface area contributed by atoms with Crippen LogP contribution in [-0.4, -0.2) is 91.5 Å². The molecule has 0 amide bonds. The van der Waals surface area contributed by atoms with E-state index >= 15 is 0 Å². The number of hydrogen-bond acceptors (Lipinski definition) is 11. The highest BCUT2D eigenvalue weighted by atomic mass is 16.5. The Morgan fingerprint density at radius 2 is 1.91 bits per heavy atom. The van der Waals surface area contributed by atoms with Crippen molar-refractivity contribution in [1.82, 2.24) is 34.4 Å². The second kappa shape index (κ2) is 9.59. The van der Waals surface area contributed by atoms with E-state index in [1.54, 1.807) is 13.4 Å². The van der Waals surface area contributed by atoms with Gasteiger partial charge < -0.3 is 30.8 Å². The summed E-state index contributed by atoms with van der Waals surface area (Å²) in [4.78, 5) is 23.4. The first-order valence-corrected chi connectivity index (χ1v) is 10.6. The summed E-state index contributed by atoms with van der Waals surface area (Å²) < 4.78 is 6.95. The molecule has 0 spiro atoms. The highest BCUT2D eigenvalue weighted by Crippen LogP contribution is 2.34. The van der Waals surface area contributed by atoms with Crippen LogP contribution in [0.2, 0.25) is 0 Å². The van der Waals surface area contributed by atoms with Crippen molar-refractivity contribution in [2.75, 3.05) is 62.8 Å². The minimum absolute atomic E-state index is 0.145. The second-order valence-electron chi connectivity index (χ2n) is 8.16. The number of aliphatic hydroxyl groups is 1. The van der Waals surface area contributed by atoms with Crippen molar-refractivity contribution in [1.29, 1.82) is 0 Å². The number of nitrogens with two attached hydrogens (primary N) is 1. The number of hydrogen-bond donors (Lipinski definition) is 4. The summed E-state index contributed by atoms with van der Waals surface area (Å²) in [5, 5.41) is 17.8. The minimum Gasteiger partial charge on any atom is -0.387 e. The van der Waals surface area contributed by atoms with Crippen molar-refractivity contribution >= 4 is 28.6 Å². The van der Waals surface area contributed by atoms with Gasteiger partial charge in [-0.1, -0.05) is 0 Å². The topological polar surface area (TPSA) is 152 Å². The number of nitrogen functional groups attached to an aromatic ring is 1. The number of rotatable bonds is 9. The fraction of sp³-hybridized carbons (Fsp3) is 0.550. The third-order valence-corrected chi connectivity index (χ3v) is 5.72. The van der Waals surface area contributed by atoms with Crippen LogP contribution < -0.4 is 16.4 Å². The van der Waals surface area contributed by atoms with Gasteiger partial charge in [0.25, 0.3) is 0 Å². The molecule has 1 saturated heterocycles. The lowest BCUT2D eigenvalue weighted by atomic mass is 9.89. The highest BCUT2D eigenvalue weighted by Gasteiger charge is 2.39. The lowest BCUT2D eigenvalue weighted by Crippen LogP contribution is -2.53. The van der Waals surface area contributed by atoms with Gasteiger partial charge in [-0.05, 0) is 13.3 Å². The van der Waals surface area contributed by atoms with E-state index < -0.39 is 5.60 Å². The smallest absolute Gasteiger partial charge is 0.165 e. The normalized spacial score (nSPS) is 21.7. The van der Waals surface area contributed by atoms with Crippen LogP contribution >= 0.6 is 0 Å². The zero-order valence-electron chi connectivity index (χ0n) is 18.4. The van der Waals surface area contributed by atoms with Crippen LogP contribution in [0, 0.1) is 0 Å². The molecular formula is C20H30N10O2. The van der Waals surface area contributed by atoms with E-state index in [0.717, 1.165) is 31.1 Å². The van der Waals surface area contributed by atoms with Crippen LogP contribution in [-0.2, 0) is 4.74 Å². The van der Waals surface area contributed by atoms with E-state index in [1.165, 1.54) is 12.7 Å². The Kier molecular flexibility index (Phi) is 6.63. The first-order valence-electron chi connectivity index (χ1n) is 10.6. The zero-order valence-corrected chi connectivity index (χ0v) is 18.4. The van der Waals surface area contributed by atoms with Crippen LogP contribution in [0.4, 0.5) is 17.5 Å². The number of nitrogens with one attached hydrogen (secondary N) is 2. The molecule has 1 fully saturated rings. The number of aromatic nitrogens is 6. The number of piperidine rings is 1. The Hall–Kier alpha value is -3.09. The number of ether oxygens (including phenoxy) is 1. The molecule has 2 atom stereocenters. The molecule has 0 radical (unpaired) electrons. The molecule has 5 N–H and O–H groups in total. The van der Waals surface area contributed by atoms with Gasteiger partial charge in [0.05, 0.1) is 24.6 Å². The molecule has 1 aliphatic heterocycles. The summed E-state index contributed by atoms with van der Waals surface area (Å²) in [5.41, 5.74) is 6.18. The van der Waals surface area contributed by atoms with Crippen LogP contribution in [0.25, 0.3) is 11.2 Å². The van der Waals surface area contributed by atoms with Crippen LogP contribution in [0.3, 0.4) is 0 Å². The fourth-order valence-corrected chi connectivity index (χ4v) is 4.15. The summed E-state index contributed by atoms with van der Waals surface area (Å²) >= 11 is 0. The largest absolute Gasteiger partial charge is 0.387 e. The van der Waals surface area contributed by atoms with Crippen molar-refractivity contribution in [2.45, 2.75) is 25.0 Å². The number of likely N-dealkylation sites (tertiary alicyclic amines) is 1. The molecule has 3 aromatic rings. The maximum Gasteiger partial charge on any atom is 0.165 e. The predicted molar refractivity (Wildman–Crippen MR) is 121 cm³/mol. The average Bonchev–Trinajstić information content (AvgIpc) is 3.19. The van der Waals surface area contributed by atoms with Gasteiger partial charge in [-0.2, -0.15) is 0 Å². The third-order valence-electron chi connectivity index (χ3n) is 5.72. The van der Waals surface area contributed by atoms with E-state index in [9.17, 15) is 5.11 Å². The van der Waals surface area contributed by atoms with Gasteiger partial charge in [0.15, 0.2) is 11.5 Å². The van der Waals surface area contributed by atoms with Crippen LogP contribution in [0.1, 0.15) is 19.4 Å². The number of β-amino-alcohol motifs (C(OH)–C–C–N with tert-alkyl or cyclic N) is 1. The maximum absolute atomic E-state index is 11.2. The number of fused-ring (bicyclic) bond motifs is 1. The van der Waals surface area contributed by atoms with Crippen molar-refractivity contribution < 1.29 is 9.84 Å². The molecule has 12 heteroatoms. The zero-order chi connectivity index (χ0) is 22.6. The molecular weight excluding hydrogens is 412 g/mol. The average molecular weight is 443 g/mol. The van der Waals surface area contributed by atoms with E-state index in [-0.39, 0.29) is 6.04 Å². The Bertz CT molecular complexity index is 1040. The van der Waals surface area contributed by atoms with E-state index in [0.29, 0.717) is 43.2 Å². The Morgan fingerprint density at radius 1 is 1.16 bits per heavy atom. The first kappa shape index (κ1) is 22.1. The molecule has 3 aromatic heterocycles. The fourth-order valence-electron chi connectivity index (χ4n) is 4.15. The molecule has 0 unspecified atom stereocenters. The number of methoxy groups -OCH3 is 1. The molecule has 172 valence electrons. The standard InChI is InChI=1S/C20H30N10O2/c1-20(31)10-29(7-4-22-15-9-16(25-11-24-15)23-5-8-32-2)6-3-14(20)30-13-28-17-18(21)26-12-27-19(17)30/h9,11-14,31H,3-8,10H2,1-2H3,(H2,21,26,27)(H2,22,23,24,25)/t14-,20-/m0/s1. The quantitative estimate of drug-likeness (QED) is 0.340. The van der Waals surface area contributed by atoms with E-state index in [2.05, 4.69) is 40.5 Å². The van der Waals surface area contributed by atoms with Gasteiger partial charge in [-0.3, -0.25) is 4.90 Å². The molecule has 0 aromatic carbocycles. The highest BCUT2D eigenvalue weighted by molar-refractivity contribution is 5.81. The SMILES string of the molecule is COCCNc1cc(NCCN2CC[C@H](n3cnc4c(N)ncnc43)[C@@](C)(O)C2)ncn1. The molecule has 0 aliphatic carbocycles. The number of anilines is 3. The second-order valence-corrected chi connectivity index (χ2v) is 8.16. The Balaban J connectivity index is 1.32. The molecule has 1 aliphatic rings. The lowest BCUT2D eigenvalue weighted by molar-refractivity contribution is -0.0544.